The average Bonchev–Trinajstić information content (AvgIpc) is 2.99. The highest BCUT2D eigenvalue weighted by Crippen LogP contribution is 2.34. The number of imidazole rings is 1. The van der Waals surface area contributed by atoms with Gasteiger partial charge in [-0.3, -0.25) is 4.40 Å². The number of aryl methyl sites for hydroxylation is 3. The Morgan fingerprint density at radius 3 is 2.48 bits per heavy atom. The van der Waals surface area contributed by atoms with Crippen LogP contribution in [0.25, 0.3) is 16.2 Å². The number of hydrogen-bond acceptors (Lipinski definition) is 3. The van der Waals surface area contributed by atoms with Gasteiger partial charge in [-0.1, -0.05) is 37.3 Å². The summed E-state index contributed by atoms with van der Waals surface area (Å²) in [6.07, 6.45) is 0. The molecule has 0 radical (unpaired) electrons. The fourth-order valence-corrected chi connectivity index (χ4v) is 4.07. The number of fused-ring (bicyclic) bond motifs is 1. The van der Waals surface area contributed by atoms with Crippen LogP contribution in [0.1, 0.15) is 52.0 Å². The van der Waals surface area contributed by atoms with E-state index >= 15 is 0 Å². The SMILES string of the molecule is Cc1ccc(-c2nc3sc(C(=O)O)c(C(C)C)n3c2C)cc1C. The molecule has 5 heteroatoms. The summed E-state index contributed by atoms with van der Waals surface area (Å²) < 4.78 is 2.00. The molecule has 0 amide bonds. The van der Waals surface area contributed by atoms with Gasteiger partial charge in [0.2, 0.25) is 0 Å². The predicted molar refractivity (Wildman–Crippen MR) is 93.8 cm³/mol. The maximum absolute atomic E-state index is 11.5. The molecule has 0 bridgehead atoms. The van der Waals surface area contributed by atoms with E-state index in [1.807, 2.05) is 25.2 Å². The number of aromatic nitrogens is 2. The van der Waals surface area contributed by atoms with Crippen molar-refractivity contribution in [2.75, 3.05) is 0 Å². The third-order valence-electron chi connectivity index (χ3n) is 4.27. The van der Waals surface area contributed by atoms with Crippen LogP contribution < -0.4 is 0 Å². The lowest BCUT2D eigenvalue weighted by atomic mass is 10.0. The fourth-order valence-electron chi connectivity index (χ4n) is 2.91. The Hall–Kier alpha value is -2.14. The van der Waals surface area contributed by atoms with Gasteiger partial charge in [-0.25, -0.2) is 9.78 Å². The van der Waals surface area contributed by atoms with Crippen LogP contribution in [0.5, 0.6) is 0 Å². The third-order valence-corrected chi connectivity index (χ3v) is 5.31. The van der Waals surface area contributed by atoms with Crippen LogP contribution in [-0.4, -0.2) is 20.5 Å². The molecular formula is C18H20N2O2S. The molecule has 120 valence electrons. The summed E-state index contributed by atoms with van der Waals surface area (Å²) >= 11 is 1.25. The Balaban J connectivity index is 2.27. The number of rotatable bonds is 3. The van der Waals surface area contributed by atoms with Gasteiger partial charge in [0.15, 0.2) is 4.96 Å². The molecule has 0 aliphatic rings. The number of carbonyl (C=O) groups is 1. The molecule has 0 aliphatic carbocycles. The van der Waals surface area contributed by atoms with E-state index in [-0.39, 0.29) is 5.92 Å². The van der Waals surface area contributed by atoms with Gasteiger partial charge in [0, 0.05) is 11.3 Å². The number of nitrogens with zero attached hydrogens (tertiary/aromatic N) is 2. The van der Waals surface area contributed by atoms with Gasteiger partial charge in [-0.15, -0.1) is 0 Å². The topological polar surface area (TPSA) is 54.6 Å². The van der Waals surface area contributed by atoms with Crippen LogP contribution in [0.4, 0.5) is 0 Å². The predicted octanol–water partition coefficient (Wildman–Crippen LogP) is 4.81. The number of thiazole rings is 1. The molecule has 0 atom stereocenters. The fraction of sp³-hybridized carbons (Fsp3) is 0.333. The highest BCUT2D eigenvalue weighted by atomic mass is 32.1. The van der Waals surface area contributed by atoms with Crippen molar-refractivity contribution in [1.29, 1.82) is 0 Å². The first-order valence-electron chi connectivity index (χ1n) is 7.64. The lowest BCUT2D eigenvalue weighted by molar-refractivity contribution is 0.0700. The molecule has 3 rings (SSSR count). The van der Waals surface area contributed by atoms with Gasteiger partial charge in [0.05, 0.1) is 11.4 Å². The van der Waals surface area contributed by atoms with Crippen molar-refractivity contribution in [2.24, 2.45) is 0 Å². The molecule has 0 unspecified atom stereocenters. The van der Waals surface area contributed by atoms with Crippen molar-refractivity contribution >= 4 is 22.3 Å². The lowest BCUT2D eigenvalue weighted by Gasteiger charge is -2.08. The number of carboxylic acids is 1. The number of benzene rings is 1. The Bertz CT molecular complexity index is 919. The smallest absolute Gasteiger partial charge is 0.347 e. The minimum absolute atomic E-state index is 0.121. The normalized spacial score (nSPS) is 11.6. The van der Waals surface area contributed by atoms with E-state index in [9.17, 15) is 9.90 Å². The highest BCUT2D eigenvalue weighted by Gasteiger charge is 2.24. The van der Waals surface area contributed by atoms with Crippen LogP contribution >= 0.6 is 11.3 Å². The zero-order valence-corrected chi connectivity index (χ0v) is 14.8. The molecule has 0 spiro atoms. The molecule has 23 heavy (non-hydrogen) atoms. The summed E-state index contributed by atoms with van der Waals surface area (Å²) in [6.45, 7) is 10.2. The maximum Gasteiger partial charge on any atom is 0.347 e. The zero-order valence-electron chi connectivity index (χ0n) is 14.0. The average molecular weight is 328 g/mol. The summed E-state index contributed by atoms with van der Waals surface area (Å²) in [5.41, 5.74) is 6.32. The molecule has 3 aromatic rings. The second-order valence-corrected chi connectivity index (χ2v) is 7.22. The van der Waals surface area contributed by atoms with Gasteiger partial charge >= 0.3 is 5.97 Å². The van der Waals surface area contributed by atoms with Crippen molar-refractivity contribution in [3.63, 3.8) is 0 Å². The molecule has 0 fully saturated rings. The number of carboxylic acid groups (broad SMARTS) is 1. The molecule has 0 saturated carbocycles. The minimum atomic E-state index is -0.878. The van der Waals surface area contributed by atoms with Crippen molar-refractivity contribution in [1.82, 2.24) is 9.38 Å². The Morgan fingerprint density at radius 1 is 1.22 bits per heavy atom. The summed E-state index contributed by atoms with van der Waals surface area (Å²) in [6, 6.07) is 6.32. The van der Waals surface area contributed by atoms with Crippen molar-refractivity contribution in [3.8, 4) is 11.3 Å². The Kier molecular flexibility index (Phi) is 3.76. The molecule has 2 heterocycles. The van der Waals surface area contributed by atoms with Crippen LogP contribution in [0.15, 0.2) is 18.2 Å². The van der Waals surface area contributed by atoms with Crippen LogP contribution in [0.2, 0.25) is 0 Å². The zero-order chi connectivity index (χ0) is 16.9. The lowest BCUT2D eigenvalue weighted by Crippen LogP contribution is -2.04. The summed E-state index contributed by atoms with van der Waals surface area (Å²) in [5, 5.41) is 9.45. The number of aromatic carboxylic acids is 1. The van der Waals surface area contributed by atoms with Gasteiger partial charge in [0.1, 0.15) is 4.88 Å². The van der Waals surface area contributed by atoms with E-state index < -0.39 is 5.97 Å². The first kappa shape index (κ1) is 15.7. The van der Waals surface area contributed by atoms with Crippen LogP contribution in [-0.2, 0) is 0 Å². The van der Waals surface area contributed by atoms with E-state index in [1.165, 1.54) is 22.5 Å². The second kappa shape index (κ2) is 5.49. The monoisotopic (exact) mass is 328 g/mol. The Labute approximate surface area is 139 Å². The van der Waals surface area contributed by atoms with Crippen molar-refractivity contribution < 1.29 is 9.90 Å². The summed E-state index contributed by atoms with van der Waals surface area (Å²) in [5.74, 6) is -0.758. The second-order valence-electron chi connectivity index (χ2n) is 6.24. The molecule has 0 aliphatic heterocycles. The van der Waals surface area contributed by atoms with E-state index in [0.717, 1.165) is 27.6 Å². The molecule has 1 N–H and O–H groups in total. The van der Waals surface area contributed by atoms with Gasteiger partial charge in [-0.2, -0.15) is 0 Å². The summed E-state index contributed by atoms with van der Waals surface area (Å²) in [4.78, 5) is 17.4. The minimum Gasteiger partial charge on any atom is -0.477 e. The van der Waals surface area contributed by atoms with Crippen LogP contribution in [0.3, 0.4) is 0 Å². The van der Waals surface area contributed by atoms with E-state index in [4.69, 9.17) is 4.98 Å². The molecule has 0 saturated heterocycles. The first-order valence-corrected chi connectivity index (χ1v) is 8.45. The quantitative estimate of drug-likeness (QED) is 0.750. The van der Waals surface area contributed by atoms with E-state index in [0.29, 0.717) is 4.88 Å². The van der Waals surface area contributed by atoms with E-state index in [2.05, 4.69) is 32.0 Å². The van der Waals surface area contributed by atoms with Gasteiger partial charge in [0.25, 0.3) is 0 Å². The molecule has 4 nitrogen and oxygen atoms in total. The van der Waals surface area contributed by atoms with Gasteiger partial charge in [-0.05, 0) is 43.9 Å². The van der Waals surface area contributed by atoms with Crippen LogP contribution in [0, 0.1) is 20.8 Å². The van der Waals surface area contributed by atoms with Crippen molar-refractivity contribution in [3.05, 3.63) is 45.6 Å². The third kappa shape index (κ3) is 2.45. The largest absolute Gasteiger partial charge is 0.477 e. The highest BCUT2D eigenvalue weighted by molar-refractivity contribution is 7.19. The van der Waals surface area contributed by atoms with E-state index in [1.54, 1.807) is 0 Å². The first-order chi connectivity index (χ1) is 10.8. The molecule has 2 aromatic heterocycles. The molecular weight excluding hydrogens is 308 g/mol. The Morgan fingerprint density at radius 2 is 1.91 bits per heavy atom. The van der Waals surface area contributed by atoms with Crippen molar-refractivity contribution in [2.45, 2.75) is 40.5 Å². The molecule has 1 aromatic carbocycles. The number of hydrogen-bond donors (Lipinski definition) is 1. The van der Waals surface area contributed by atoms with Gasteiger partial charge < -0.3 is 5.11 Å². The standard InChI is InChI=1S/C18H20N2O2S/c1-9(2)15-16(17(21)22)23-18-19-14(12(5)20(15)18)13-7-6-10(3)11(4)8-13/h6-9H,1-5H3,(H,21,22). The summed E-state index contributed by atoms with van der Waals surface area (Å²) in [7, 11) is 0. The maximum atomic E-state index is 11.5.